The molecule has 9 heteroatoms. The SMILES string of the molecule is CS(=O)(=O)CCCOCC(CO)(CO)COC(O)CCS. The highest BCUT2D eigenvalue weighted by Crippen LogP contribution is 2.18. The van der Waals surface area contributed by atoms with Crippen LogP contribution in [0, 0.1) is 5.41 Å². The monoisotopic (exact) mass is 346 g/mol. The minimum atomic E-state index is -3.02. The molecule has 0 aromatic rings. The quantitative estimate of drug-likeness (QED) is 0.193. The van der Waals surface area contributed by atoms with E-state index in [1.807, 2.05) is 0 Å². The predicted octanol–water partition coefficient (Wildman–Crippen LogP) is -0.936. The van der Waals surface area contributed by atoms with Gasteiger partial charge in [0.05, 0.1) is 37.6 Å². The van der Waals surface area contributed by atoms with Crippen molar-refractivity contribution in [3.8, 4) is 0 Å². The molecular weight excluding hydrogens is 320 g/mol. The molecule has 0 amide bonds. The van der Waals surface area contributed by atoms with Gasteiger partial charge in [0.1, 0.15) is 9.84 Å². The van der Waals surface area contributed by atoms with Crippen LogP contribution >= 0.6 is 12.6 Å². The first-order valence-corrected chi connectivity index (χ1v) is 9.35. The predicted molar refractivity (Wildman–Crippen MR) is 82.2 cm³/mol. The smallest absolute Gasteiger partial charge is 0.155 e. The van der Waals surface area contributed by atoms with Gasteiger partial charge < -0.3 is 24.8 Å². The van der Waals surface area contributed by atoms with Crippen molar-refractivity contribution < 1.29 is 33.2 Å². The minimum Gasteiger partial charge on any atom is -0.396 e. The van der Waals surface area contributed by atoms with Crippen molar-refractivity contribution in [1.82, 2.24) is 0 Å². The van der Waals surface area contributed by atoms with E-state index in [-0.39, 0.29) is 38.8 Å². The molecular formula is C12H26O7S2. The molecule has 0 aliphatic rings. The molecule has 0 aliphatic heterocycles. The van der Waals surface area contributed by atoms with Crippen LogP contribution in [-0.4, -0.2) is 80.8 Å². The summed E-state index contributed by atoms with van der Waals surface area (Å²) < 4.78 is 32.4. The van der Waals surface area contributed by atoms with Crippen LogP contribution in [-0.2, 0) is 19.3 Å². The first kappa shape index (κ1) is 21.1. The Morgan fingerprint density at radius 1 is 1.24 bits per heavy atom. The first-order valence-electron chi connectivity index (χ1n) is 6.66. The molecule has 0 aliphatic carbocycles. The maximum absolute atomic E-state index is 11.0. The number of rotatable bonds is 13. The highest BCUT2D eigenvalue weighted by atomic mass is 32.2. The van der Waals surface area contributed by atoms with Gasteiger partial charge in [-0.2, -0.15) is 12.6 Å². The van der Waals surface area contributed by atoms with E-state index in [4.69, 9.17) is 9.47 Å². The molecule has 7 nitrogen and oxygen atoms in total. The van der Waals surface area contributed by atoms with Crippen LogP contribution in [0.15, 0.2) is 0 Å². The maximum Gasteiger partial charge on any atom is 0.155 e. The van der Waals surface area contributed by atoms with E-state index in [9.17, 15) is 23.7 Å². The summed E-state index contributed by atoms with van der Waals surface area (Å²) in [6.07, 6.45) is 0.820. The minimum absolute atomic E-state index is 0.0113. The largest absolute Gasteiger partial charge is 0.396 e. The number of ether oxygens (including phenoxy) is 2. The summed E-state index contributed by atoms with van der Waals surface area (Å²) in [4.78, 5) is 0. The molecule has 0 rings (SSSR count). The molecule has 0 saturated heterocycles. The van der Waals surface area contributed by atoms with Crippen LogP contribution in [0.2, 0.25) is 0 Å². The molecule has 0 aromatic carbocycles. The average molecular weight is 346 g/mol. The second-order valence-corrected chi connectivity index (χ2v) is 7.84. The van der Waals surface area contributed by atoms with E-state index in [0.717, 1.165) is 6.26 Å². The number of aliphatic hydroxyl groups excluding tert-OH is 3. The van der Waals surface area contributed by atoms with E-state index in [2.05, 4.69) is 12.6 Å². The topological polar surface area (TPSA) is 113 Å². The van der Waals surface area contributed by atoms with Gasteiger partial charge in [0, 0.05) is 19.3 Å². The van der Waals surface area contributed by atoms with Gasteiger partial charge in [0.25, 0.3) is 0 Å². The molecule has 0 saturated carbocycles. The van der Waals surface area contributed by atoms with Crippen LogP contribution in [0.3, 0.4) is 0 Å². The Morgan fingerprint density at radius 2 is 1.86 bits per heavy atom. The fourth-order valence-electron chi connectivity index (χ4n) is 1.45. The van der Waals surface area contributed by atoms with Crippen molar-refractivity contribution in [3.05, 3.63) is 0 Å². The number of thiol groups is 1. The van der Waals surface area contributed by atoms with E-state index in [0.29, 0.717) is 18.6 Å². The maximum atomic E-state index is 11.0. The summed E-state index contributed by atoms with van der Waals surface area (Å²) in [5.41, 5.74) is -1.03. The van der Waals surface area contributed by atoms with Gasteiger partial charge in [-0.05, 0) is 12.2 Å². The van der Waals surface area contributed by atoms with Gasteiger partial charge >= 0.3 is 0 Å². The molecule has 128 valence electrons. The number of aliphatic hydroxyl groups is 3. The van der Waals surface area contributed by atoms with Gasteiger partial charge in [-0.25, -0.2) is 8.42 Å². The van der Waals surface area contributed by atoms with Crippen LogP contribution in [0.1, 0.15) is 12.8 Å². The normalized spacial score (nSPS) is 14.3. The Bertz CT molecular complexity index is 355. The standard InChI is InChI=1S/C12H26O7S2/c1-21(16,17)6-2-4-18-9-12(7-13,8-14)10-19-11(15)3-5-20/h11,13-15,20H,2-10H2,1H3. The Morgan fingerprint density at radius 3 is 2.33 bits per heavy atom. The number of sulfone groups is 1. The lowest BCUT2D eigenvalue weighted by atomic mass is 9.92. The first-order chi connectivity index (χ1) is 9.78. The van der Waals surface area contributed by atoms with Gasteiger partial charge in [-0.1, -0.05) is 0 Å². The molecule has 1 unspecified atom stereocenters. The fourth-order valence-corrected chi connectivity index (χ4v) is 2.32. The van der Waals surface area contributed by atoms with E-state index in [1.54, 1.807) is 0 Å². The molecule has 0 bridgehead atoms. The zero-order chi connectivity index (χ0) is 16.4. The lowest BCUT2D eigenvalue weighted by Crippen LogP contribution is -2.41. The summed E-state index contributed by atoms with van der Waals surface area (Å²) in [7, 11) is -3.02. The summed E-state index contributed by atoms with van der Waals surface area (Å²) in [6.45, 7) is -0.598. The summed E-state index contributed by atoms with van der Waals surface area (Å²) >= 11 is 3.96. The van der Waals surface area contributed by atoms with Gasteiger partial charge in [-0.3, -0.25) is 0 Å². The molecule has 0 heterocycles. The Labute approximate surface area is 131 Å². The third-order valence-corrected chi connectivity index (χ3v) is 4.13. The number of hydrogen-bond donors (Lipinski definition) is 4. The molecule has 0 fully saturated rings. The zero-order valence-corrected chi connectivity index (χ0v) is 14.0. The molecule has 0 aromatic heterocycles. The average Bonchev–Trinajstić information content (AvgIpc) is 2.41. The second kappa shape index (κ2) is 10.8. The third-order valence-electron chi connectivity index (χ3n) is 2.84. The van der Waals surface area contributed by atoms with Crippen molar-refractivity contribution in [2.45, 2.75) is 19.1 Å². The van der Waals surface area contributed by atoms with Crippen LogP contribution < -0.4 is 0 Å². The third kappa shape index (κ3) is 10.5. The molecule has 3 N–H and O–H groups in total. The van der Waals surface area contributed by atoms with E-state index in [1.165, 1.54) is 0 Å². The van der Waals surface area contributed by atoms with Crippen LogP contribution in [0.5, 0.6) is 0 Å². The van der Waals surface area contributed by atoms with E-state index >= 15 is 0 Å². The Hall–Kier alpha value is 0.1000. The highest BCUT2D eigenvalue weighted by molar-refractivity contribution is 7.90. The van der Waals surface area contributed by atoms with Crippen molar-refractivity contribution in [2.75, 3.05) is 50.8 Å². The van der Waals surface area contributed by atoms with Crippen molar-refractivity contribution in [1.29, 1.82) is 0 Å². The lowest BCUT2D eigenvalue weighted by molar-refractivity contribution is -0.154. The second-order valence-electron chi connectivity index (χ2n) is 5.13. The number of hydrogen-bond acceptors (Lipinski definition) is 8. The van der Waals surface area contributed by atoms with Gasteiger partial charge in [0.2, 0.25) is 0 Å². The molecule has 21 heavy (non-hydrogen) atoms. The summed E-state index contributed by atoms with van der Waals surface area (Å²) in [5, 5.41) is 28.2. The van der Waals surface area contributed by atoms with Crippen LogP contribution in [0.25, 0.3) is 0 Å². The highest BCUT2D eigenvalue weighted by Gasteiger charge is 2.30. The van der Waals surface area contributed by atoms with Gasteiger partial charge in [-0.15, -0.1) is 0 Å². The molecule has 1 atom stereocenters. The van der Waals surface area contributed by atoms with Crippen molar-refractivity contribution in [3.63, 3.8) is 0 Å². The van der Waals surface area contributed by atoms with Gasteiger partial charge in [0.15, 0.2) is 6.29 Å². The van der Waals surface area contributed by atoms with E-state index < -0.39 is 21.5 Å². The molecule has 0 radical (unpaired) electrons. The Kier molecular flexibility index (Phi) is 10.8. The fraction of sp³-hybridized carbons (Fsp3) is 1.00. The van der Waals surface area contributed by atoms with Crippen molar-refractivity contribution in [2.24, 2.45) is 5.41 Å². The Balaban J connectivity index is 4.15. The molecule has 0 spiro atoms. The lowest BCUT2D eigenvalue weighted by Gasteiger charge is -2.30. The van der Waals surface area contributed by atoms with Crippen LogP contribution in [0.4, 0.5) is 0 Å². The summed E-state index contributed by atoms with van der Waals surface area (Å²) in [6, 6.07) is 0. The van der Waals surface area contributed by atoms with Crippen molar-refractivity contribution >= 4 is 22.5 Å². The zero-order valence-electron chi connectivity index (χ0n) is 12.3. The summed E-state index contributed by atoms with van der Waals surface area (Å²) in [5.74, 6) is 0.476.